The second-order valence-corrected chi connectivity index (χ2v) is 4.79. The molecule has 1 saturated heterocycles. The Kier molecular flexibility index (Phi) is 5.30. The highest BCUT2D eigenvalue weighted by molar-refractivity contribution is 5.90. The molecule has 5 heteroatoms. The van der Waals surface area contributed by atoms with E-state index in [4.69, 9.17) is 4.74 Å². The Morgan fingerprint density at radius 2 is 2.32 bits per heavy atom. The van der Waals surface area contributed by atoms with E-state index < -0.39 is 0 Å². The summed E-state index contributed by atoms with van der Waals surface area (Å²) in [7, 11) is 0. The molecule has 2 rings (SSSR count). The summed E-state index contributed by atoms with van der Waals surface area (Å²) in [6, 6.07) is 3.78. The van der Waals surface area contributed by atoms with Gasteiger partial charge in [0.2, 0.25) is 5.91 Å². The van der Waals surface area contributed by atoms with Crippen molar-refractivity contribution in [3.05, 3.63) is 23.9 Å². The van der Waals surface area contributed by atoms with Crippen molar-refractivity contribution in [3.8, 4) is 0 Å². The van der Waals surface area contributed by atoms with Crippen molar-refractivity contribution in [2.24, 2.45) is 0 Å². The highest BCUT2D eigenvalue weighted by Crippen LogP contribution is 2.10. The maximum absolute atomic E-state index is 11.8. The molecule has 0 aromatic carbocycles. The van der Waals surface area contributed by atoms with Crippen LogP contribution in [0.2, 0.25) is 0 Å². The summed E-state index contributed by atoms with van der Waals surface area (Å²) in [6.07, 6.45) is 4.40. The molecule has 1 aliphatic rings. The van der Waals surface area contributed by atoms with Crippen LogP contribution in [0.1, 0.15) is 24.8 Å². The average Bonchev–Trinajstić information content (AvgIpc) is 2.43. The third-order valence-electron chi connectivity index (χ3n) is 3.24. The first-order valence-electron chi connectivity index (χ1n) is 6.79. The van der Waals surface area contributed by atoms with Gasteiger partial charge < -0.3 is 15.4 Å². The molecule has 0 saturated carbocycles. The number of carbonyl (C=O) groups excluding carboxylic acids is 1. The van der Waals surface area contributed by atoms with Gasteiger partial charge in [0, 0.05) is 6.20 Å². The van der Waals surface area contributed by atoms with Crippen LogP contribution in [0.25, 0.3) is 0 Å². The quantitative estimate of drug-likeness (QED) is 0.845. The minimum Gasteiger partial charge on any atom is -0.378 e. The van der Waals surface area contributed by atoms with Crippen LogP contribution in [0.5, 0.6) is 0 Å². The maximum atomic E-state index is 11.8. The topological polar surface area (TPSA) is 63.2 Å². The van der Waals surface area contributed by atoms with Crippen LogP contribution in [0.3, 0.4) is 0 Å². The van der Waals surface area contributed by atoms with Gasteiger partial charge in [0.1, 0.15) is 5.82 Å². The zero-order valence-corrected chi connectivity index (χ0v) is 11.3. The fraction of sp³-hybridized carbons (Fsp3) is 0.571. The number of aromatic nitrogens is 1. The van der Waals surface area contributed by atoms with E-state index in [0.717, 1.165) is 31.5 Å². The second-order valence-electron chi connectivity index (χ2n) is 4.79. The van der Waals surface area contributed by atoms with Gasteiger partial charge in [-0.1, -0.05) is 6.07 Å². The van der Waals surface area contributed by atoms with Crippen LogP contribution in [-0.2, 0) is 9.53 Å². The molecule has 0 spiro atoms. The van der Waals surface area contributed by atoms with Gasteiger partial charge in [-0.15, -0.1) is 0 Å². The van der Waals surface area contributed by atoms with Gasteiger partial charge >= 0.3 is 0 Å². The summed E-state index contributed by atoms with van der Waals surface area (Å²) in [5, 5.41) is 6.09. The molecule has 1 amide bonds. The number of anilines is 1. The average molecular weight is 263 g/mol. The molecular weight excluding hydrogens is 242 g/mol. The summed E-state index contributed by atoms with van der Waals surface area (Å²) >= 11 is 0. The fourth-order valence-electron chi connectivity index (χ4n) is 2.09. The van der Waals surface area contributed by atoms with Crippen LogP contribution < -0.4 is 10.6 Å². The van der Waals surface area contributed by atoms with Crippen molar-refractivity contribution in [3.63, 3.8) is 0 Å². The van der Waals surface area contributed by atoms with Gasteiger partial charge in [-0.25, -0.2) is 4.98 Å². The summed E-state index contributed by atoms with van der Waals surface area (Å²) < 4.78 is 5.70. The fourth-order valence-corrected chi connectivity index (χ4v) is 2.09. The van der Waals surface area contributed by atoms with Gasteiger partial charge in [-0.2, -0.15) is 0 Å². The van der Waals surface area contributed by atoms with Crippen molar-refractivity contribution >= 4 is 11.7 Å². The van der Waals surface area contributed by atoms with Gasteiger partial charge in [-0.05, 0) is 44.5 Å². The maximum Gasteiger partial charge on any atom is 0.227 e. The molecule has 0 bridgehead atoms. The molecule has 104 valence electrons. The molecule has 1 fully saturated rings. The van der Waals surface area contributed by atoms with Crippen LogP contribution in [0.15, 0.2) is 18.3 Å². The molecule has 0 radical (unpaired) electrons. The zero-order chi connectivity index (χ0) is 13.5. The predicted molar refractivity (Wildman–Crippen MR) is 74.1 cm³/mol. The van der Waals surface area contributed by atoms with Crippen molar-refractivity contribution in [1.82, 2.24) is 10.3 Å². The molecular formula is C14H21N3O2. The molecule has 2 N–H and O–H groups in total. The van der Waals surface area contributed by atoms with Crippen molar-refractivity contribution in [1.29, 1.82) is 0 Å². The Bertz CT molecular complexity index is 417. The smallest absolute Gasteiger partial charge is 0.227 e. The first kappa shape index (κ1) is 14.0. The van der Waals surface area contributed by atoms with Crippen LogP contribution in [0, 0.1) is 6.92 Å². The Labute approximate surface area is 113 Å². The molecule has 1 aliphatic heterocycles. The highest BCUT2D eigenvalue weighted by atomic mass is 16.5. The molecule has 0 unspecified atom stereocenters. The standard InChI is InChI=1S/C14H21N3O2/c1-11-3-2-7-16-14(11)17-13(18)6-10-19-12-4-8-15-9-5-12/h2-3,7,12,15H,4-6,8-10H2,1H3,(H,16,17,18). The molecule has 2 heterocycles. The van der Waals surface area contributed by atoms with E-state index in [2.05, 4.69) is 15.6 Å². The monoisotopic (exact) mass is 263 g/mol. The summed E-state index contributed by atoms with van der Waals surface area (Å²) in [4.78, 5) is 15.9. The number of hydrogen-bond acceptors (Lipinski definition) is 4. The largest absolute Gasteiger partial charge is 0.378 e. The first-order valence-corrected chi connectivity index (χ1v) is 6.79. The van der Waals surface area contributed by atoms with Crippen LogP contribution >= 0.6 is 0 Å². The number of pyridine rings is 1. The van der Waals surface area contributed by atoms with Crippen molar-refractivity contribution < 1.29 is 9.53 Å². The van der Waals surface area contributed by atoms with Crippen molar-refractivity contribution in [2.75, 3.05) is 25.0 Å². The van der Waals surface area contributed by atoms with Crippen LogP contribution in [0.4, 0.5) is 5.82 Å². The Morgan fingerprint density at radius 3 is 3.05 bits per heavy atom. The number of amides is 1. The van der Waals surface area contributed by atoms with Gasteiger partial charge in [0.25, 0.3) is 0 Å². The highest BCUT2D eigenvalue weighted by Gasteiger charge is 2.13. The lowest BCUT2D eigenvalue weighted by molar-refractivity contribution is -0.117. The van der Waals surface area contributed by atoms with E-state index in [1.165, 1.54) is 0 Å². The third kappa shape index (κ3) is 4.61. The number of aryl methyl sites for hydroxylation is 1. The minimum absolute atomic E-state index is 0.0456. The molecule has 0 aliphatic carbocycles. The summed E-state index contributed by atoms with van der Waals surface area (Å²) in [5.41, 5.74) is 0.968. The minimum atomic E-state index is -0.0456. The van der Waals surface area contributed by atoms with E-state index in [1.807, 2.05) is 19.1 Å². The third-order valence-corrected chi connectivity index (χ3v) is 3.24. The Hall–Kier alpha value is -1.46. The molecule has 5 nitrogen and oxygen atoms in total. The SMILES string of the molecule is Cc1cccnc1NC(=O)CCOC1CCNCC1. The van der Waals surface area contributed by atoms with Gasteiger partial charge in [-0.3, -0.25) is 4.79 Å². The van der Waals surface area contributed by atoms with Gasteiger partial charge in [0.05, 0.1) is 19.1 Å². The molecule has 19 heavy (non-hydrogen) atoms. The normalized spacial score (nSPS) is 16.3. The second kappa shape index (κ2) is 7.21. The summed E-state index contributed by atoms with van der Waals surface area (Å²) in [5.74, 6) is 0.588. The van der Waals surface area contributed by atoms with Crippen molar-refractivity contribution in [2.45, 2.75) is 32.3 Å². The zero-order valence-electron chi connectivity index (χ0n) is 11.3. The molecule has 1 aromatic rings. The number of nitrogens with one attached hydrogen (secondary N) is 2. The van der Waals surface area contributed by atoms with E-state index >= 15 is 0 Å². The van der Waals surface area contributed by atoms with Gasteiger partial charge in [0.15, 0.2) is 0 Å². The number of piperidine rings is 1. The lowest BCUT2D eigenvalue weighted by atomic mass is 10.1. The predicted octanol–water partition coefficient (Wildman–Crippen LogP) is 1.49. The number of nitrogens with zero attached hydrogens (tertiary/aromatic N) is 1. The van der Waals surface area contributed by atoms with Crippen LogP contribution in [-0.4, -0.2) is 36.7 Å². The van der Waals surface area contributed by atoms with E-state index in [0.29, 0.717) is 24.9 Å². The molecule has 0 atom stereocenters. The lowest BCUT2D eigenvalue weighted by Gasteiger charge is -2.22. The van der Waals surface area contributed by atoms with E-state index in [-0.39, 0.29) is 5.91 Å². The lowest BCUT2D eigenvalue weighted by Crippen LogP contribution is -2.33. The molecule has 1 aromatic heterocycles. The summed E-state index contributed by atoms with van der Waals surface area (Å²) in [6.45, 7) is 4.41. The van der Waals surface area contributed by atoms with E-state index in [9.17, 15) is 4.79 Å². The number of hydrogen-bond donors (Lipinski definition) is 2. The first-order chi connectivity index (χ1) is 9.25. The Balaban J connectivity index is 1.68. The number of rotatable bonds is 5. The van der Waals surface area contributed by atoms with E-state index in [1.54, 1.807) is 6.20 Å². The number of ether oxygens (including phenoxy) is 1. The number of carbonyl (C=O) groups is 1. The Morgan fingerprint density at radius 1 is 1.53 bits per heavy atom.